The van der Waals surface area contributed by atoms with Crippen LogP contribution in [0.2, 0.25) is 5.02 Å². The largest absolute Gasteiger partial charge is 0.322 e. The number of urea groups is 1. The van der Waals surface area contributed by atoms with E-state index >= 15 is 0 Å². The number of nitrogens with one attached hydrogen (secondary N) is 1. The molecule has 0 fully saturated rings. The van der Waals surface area contributed by atoms with Crippen LogP contribution in [-0.4, -0.2) is 32.1 Å². The molecule has 0 radical (unpaired) electrons. The molecular weight excluding hydrogens is 413 g/mol. The van der Waals surface area contributed by atoms with Gasteiger partial charge in [0.25, 0.3) is 0 Å². The lowest BCUT2D eigenvalue weighted by molar-refractivity contribution is 0.206. The number of hydrogen-bond donors (Lipinski definition) is 1. The Kier molecular flexibility index (Phi) is 4.44. The number of hydrogen-bond acceptors (Lipinski definition) is 4. The summed E-state index contributed by atoms with van der Waals surface area (Å²) in [5.74, 6) is 0.324. The summed E-state index contributed by atoms with van der Waals surface area (Å²) in [6.07, 6.45) is 0.690. The maximum Gasteiger partial charge on any atom is 0.322 e. The molecule has 3 heterocycles. The van der Waals surface area contributed by atoms with Crippen molar-refractivity contribution in [3.63, 3.8) is 0 Å². The number of carbonyl (C=O) groups is 1. The molecule has 0 bridgehead atoms. The van der Waals surface area contributed by atoms with Gasteiger partial charge in [-0.1, -0.05) is 22.9 Å². The number of nitrogens with zero attached hydrogens (tertiary/aromatic N) is 4. The Morgan fingerprint density at radius 3 is 2.66 bits per heavy atom. The fourth-order valence-corrected chi connectivity index (χ4v) is 4.56. The number of carbonyl (C=O) groups excluding carboxylic acids is 1. The third kappa shape index (κ3) is 3.45. The molecule has 5 rings (SSSR count). The molecule has 4 aromatic rings. The molecule has 2 aromatic carbocycles. The van der Waals surface area contributed by atoms with Gasteiger partial charge in [0, 0.05) is 34.1 Å². The summed E-state index contributed by atoms with van der Waals surface area (Å²) < 4.78 is 14.9. The van der Waals surface area contributed by atoms with Crippen LogP contribution in [0, 0.1) is 5.82 Å². The highest BCUT2D eigenvalue weighted by Gasteiger charge is 2.26. The lowest BCUT2D eigenvalue weighted by atomic mass is 10.2. The minimum absolute atomic E-state index is 0.205. The van der Waals surface area contributed by atoms with Crippen LogP contribution in [0.15, 0.2) is 48.5 Å². The van der Waals surface area contributed by atoms with Crippen LogP contribution in [0.5, 0.6) is 0 Å². The zero-order valence-electron chi connectivity index (χ0n) is 15.1. The molecule has 0 saturated carbocycles. The van der Waals surface area contributed by atoms with Crippen molar-refractivity contribution in [1.82, 2.24) is 19.5 Å². The molecule has 0 spiro atoms. The Hall–Kier alpha value is -2.97. The Balaban J connectivity index is 1.35. The molecule has 146 valence electrons. The van der Waals surface area contributed by atoms with E-state index in [1.165, 1.54) is 23.5 Å². The van der Waals surface area contributed by atoms with Gasteiger partial charge in [0.2, 0.25) is 4.96 Å². The van der Waals surface area contributed by atoms with Crippen molar-refractivity contribution in [2.75, 3.05) is 11.9 Å². The van der Waals surface area contributed by atoms with Crippen LogP contribution in [0.25, 0.3) is 16.3 Å². The minimum Gasteiger partial charge on any atom is -0.319 e. The van der Waals surface area contributed by atoms with Crippen molar-refractivity contribution >= 4 is 39.6 Å². The van der Waals surface area contributed by atoms with Gasteiger partial charge in [0.15, 0.2) is 5.82 Å². The lowest BCUT2D eigenvalue weighted by Crippen LogP contribution is -2.38. The average Bonchev–Trinajstić information content (AvgIpc) is 3.27. The van der Waals surface area contributed by atoms with Gasteiger partial charge in [0.05, 0.1) is 12.2 Å². The molecule has 0 atom stereocenters. The number of amides is 2. The summed E-state index contributed by atoms with van der Waals surface area (Å²) in [6.45, 7) is 1.07. The fourth-order valence-electron chi connectivity index (χ4n) is 3.32. The zero-order chi connectivity index (χ0) is 20.0. The van der Waals surface area contributed by atoms with Crippen molar-refractivity contribution in [2.24, 2.45) is 0 Å². The molecule has 0 aliphatic carbocycles. The van der Waals surface area contributed by atoms with Gasteiger partial charge in [-0.15, -0.1) is 5.10 Å². The number of benzene rings is 2. The molecule has 6 nitrogen and oxygen atoms in total. The quantitative estimate of drug-likeness (QED) is 0.498. The summed E-state index contributed by atoms with van der Waals surface area (Å²) >= 11 is 7.49. The van der Waals surface area contributed by atoms with Crippen LogP contribution in [0.1, 0.15) is 10.6 Å². The van der Waals surface area contributed by atoms with E-state index in [2.05, 4.69) is 15.4 Å². The minimum atomic E-state index is -0.335. The van der Waals surface area contributed by atoms with Gasteiger partial charge in [-0.3, -0.25) is 0 Å². The zero-order valence-corrected chi connectivity index (χ0v) is 16.7. The van der Waals surface area contributed by atoms with Gasteiger partial charge in [-0.05, 0) is 48.5 Å². The van der Waals surface area contributed by atoms with Crippen molar-refractivity contribution < 1.29 is 9.18 Å². The van der Waals surface area contributed by atoms with E-state index in [1.54, 1.807) is 17.0 Å². The average molecular weight is 428 g/mol. The van der Waals surface area contributed by atoms with Gasteiger partial charge in [0.1, 0.15) is 5.82 Å². The summed E-state index contributed by atoms with van der Waals surface area (Å²) in [4.78, 5) is 20.8. The number of aromatic nitrogens is 3. The van der Waals surface area contributed by atoms with E-state index in [9.17, 15) is 9.18 Å². The molecule has 2 aromatic heterocycles. The predicted octanol–water partition coefficient (Wildman–Crippen LogP) is 4.84. The summed E-state index contributed by atoms with van der Waals surface area (Å²) in [7, 11) is 0. The normalized spacial score (nSPS) is 13.5. The number of fused-ring (bicyclic) bond motifs is 3. The first-order chi connectivity index (χ1) is 14.1. The first kappa shape index (κ1) is 18.1. The van der Waals surface area contributed by atoms with E-state index in [4.69, 9.17) is 11.6 Å². The molecular formula is C20H15ClFN5OS. The van der Waals surface area contributed by atoms with Crippen LogP contribution in [-0.2, 0) is 13.0 Å². The van der Waals surface area contributed by atoms with E-state index in [0.29, 0.717) is 36.0 Å². The number of halogens is 2. The third-order valence-electron chi connectivity index (χ3n) is 4.81. The van der Waals surface area contributed by atoms with Gasteiger partial charge in [-0.2, -0.15) is 4.98 Å². The number of thiazole rings is 1. The van der Waals surface area contributed by atoms with Crippen LogP contribution >= 0.6 is 22.9 Å². The maximum absolute atomic E-state index is 13.0. The molecule has 0 unspecified atom stereocenters. The first-order valence-electron chi connectivity index (χ1n) is 9.01. The molecule has 29 heavy (non-hydrogen) atoms. The van der Waals surface area contributed by atoms with E-state index in [0.717, 1.165) is 21.1 Å². The van der Waals surface area contributed by atoms with Crippen molar-refractivity contribution in [2.45, 2.75) is 13.0 Å². The van der Waals surface area contributed by atoms with Gasteiger partial charge < -0.3 is 10.2 Å². The maximum atomic E-state index is 13.0. The Morgan fingerprint density at radius 2 is 1.90 bits per heavy atom. The van der Waals surface area contributed by atoms with Gasteiger partial charge in [-0.25, -0.2) is 13.7 Å². The van der Waals surface area contributed by atoms with Crippen LogP contribution < -0.4 is 5.32 Å². The van der Waals surface area contributed by atoms with Crippen molar-refractivity contribution in [3.05, 3.63) is 69.9 Å². The van der Waals surface area contributed by atoms with E-state index < -0.39 is 0 Å². The second-order valence-electron chi connectivity index (χ2n) is 6.72. The SMILES string of the molecule is O=C(Nc1ccc(F)cc1)N1CCc2c(sc3nc(-c4ccc(Cl)cc4)nn23)C1. The third-order valence-corrected chi connectivity index (χ3v) is 6.12. The molecule has 0 saturated heterocycles. The monoisotopic (exact) mass is 427 g/mol. The molecule has 1 aliphatic rings. The van der Waals surface area contributed by atoms with Gasteiger partial charge >= 0.3 is 6.03 Å². The van der Waals surface area contributed by atoms with Crippen LogP contribution in [0.3, 0.4) is 0 Å². The number of rotatable bonds is 2. The second-order valence-corrected chi connectivity index (χ2v) is 8.22. The molecule has 2 amide bonds. The topological polar surface area (TPSA) is 62.5 Å². The standard InChI is InChI=1S/C20H15ClFN5OS/c21-13-3-1-12(2-4-13)18-24-20-27(25-18)16-9-10-26(11-17(16)29-20)19(28)23-15-7-5-14(22)6-8-15/h1-8H,9-11H2,(H,23,28). The molecule has 1 aliphatic heterocycles. The molecule has 9 heteroatoms. The Labute approximate surface area is 174 Å². The summed E-state index contributed by atoms with van der Waals surface area (Å²) in [5.41, 5.74) is 2.57. The van der Waals surface area contributed by atoms with Crippen molar-refractivity contribution in [3.8, 4) is 11.4 Å². The first-order valence-corrected chi connectivity index (χ1v) is 10.2. The fraction of sp³-hybridized carbons (Fsp3) is 0.150. The Morgan fingerprint density at radius 1 is 1.14 bits per heavy atom. The van der Waals surface area contributed by atoms with E-state index in [-0.39, 0.29) is 11.8 Å². The Bertz CT molecular complexity index is 1200. The van der Waals surface area contributed by atoms with Crippen molar-refractivity contribution in [1.29, 1.82) is 0 Å². The smallest absolute Gasteiger partial charge is 0.319 e. The van der Waals surface area contributed by atoms with Crippen LogP contribution in [0.4, 0.5) is 14.9 Å². The summed E-state index contributed by atoms with van der Waals surface area (Å²) in [6, 6.07) is 13.0. The summed E-state index contributed by atoms with van der Waals surface area (Å²) in [5, 5.41) is 8.13. The highest BCUT2D eigenvalue weighted by Crippen LogP contribution is 2.30. The molecule has 1 N–H and O–H groups in total. The number of anilines is 1. The highest BCUT2D eigenvalue weighted by molar-refractivity contribution is 7.17. The highest BCUT2D eigenvalue weighted by atomic mass is 35.5. The van der Waals surface area contributed by atoms with E-state index in [1.807, 2.05) is 28.8 Å². The lowest BCUT2D eigenvalue weighted by Gasteiger charge is -2.26. The predicted molar refractivity (Wildman–Crippen MR) is 111 cm³/mol. The second kappa shape index (κ2) is 7.13.